The lowest BCUT2D eigenvalue weighted by molar-refractivity contribution is 0.0723. The van der Waals surface area contributed by atoms with Gasteiger partial charge < -0.3 is 9.42 Å². The van der Waals surface area contributed by atoms with Crippen molar-refractivity contribution in [2.75, 3.05) is 13.1 Å². The van der Waals surface area contributed by atoms with Gasteiger partial charge in [-0.05, 0) is 38.3 Å². The molecule has 0 aliphatic carbocycles. The third-order valence-corrected chi connectivity index (χ3v) is 5.05. The summed E-state index contributed by atoms with van der Waals surface area (Å²) in [6.45, 7) is 7.56. The average molecular weight is 380 g/mol. The van der Waals surface area contributed by atoms with Crippen molar-refractivity contribution in [1.29, 1.82) is 0 Å². The smallest absolute Gasteiger partial charge is 0.259 e. The number of hydrogen-bond donors (Lipinski definition) is 0. The lowest BCUT2D eigenvalue weighted by atomic mass is 10.1. The second-order valence-corrected chi connectivity index (χ2v) is 7.43. The second kappa shape index (κ2) is 7.53. The molecule has 28 heavy (non-hydrogen) atoms. The van der Waals surface area contributed by atoms with Crippen LogP contribution in [0.1, 0.15) is 60.9 Å². The maximum atomic E-state index is 12.8. The van der Waals surface area contributed by atoms with Crippen molar-refractivity contribution in [3.63, 3.8) is 0 Å². The number of hydrogen-bond acceptors (Lipinski definition) is 6. The van der Waals surface area contributed by atoms with E-state index in [0.29, 0.717) is 23.1 Å². The standard InChI is InChI=1S/C20H24N6O2/c1-13(2)18-23-19(28-24-18)15-7-8-17(21-11-15)26-14(3)16(12-22-26)20(27)25-9-5-4-6-10-25/h7-8,11-13H,4-6,9-10H2,1-3H3. The first-order valence-corrected chi connectivity index (χ1v) is 9.69. The lowest BCUT2D eigenvalue weighted by Crippen LogP contribution is -2.35. The Morgan fingerprint density at radius 1 is 1.14 bits per heavy atom. The minimum absolute atomic E-state index is 0.0483. The van der Waals surface area contributed by atoms with Crippen LogP contribution in [-0.4, -0.2) is 48.8 Å². The molecule has 3 aromatic rings. The van der Waals surface area contributed by atoms with E-state index in [1.54, 1.807) is 17.1 Å². The highest BCUT2D eigenvalue weighted by Gasteiger charge is 2.23. The molecule has 0 unspecified atom stereocenters. The summed E-state index contributed by atoms with van der Waals surface area (Å²) in [6.07, 6.45) is 6.64. The Morgan fingerprint density at radius 2 is 1.93 bits per heavy atom. The van der Waals surface area contributed by atoms with Crippen LogP contribution < -0.4 is 0 Å². The van der Waals surface area contributed by atoms with E-state index in [4.69, 9.17) is 4.52 Å². The van der Waals surface area contributed by atoms with Crippen molar-refractivity contribution in [1.82, 2.24) is 29.8 Å². The van der Waals surface area contributed by atoms with E-state index in [2.05, 4.69) is 20.2 Å². The largest absolute Gasteiger partial charge is 0.339 e. The normalized spacial score (nSPS) is 14.6. The van der Waals surface area contributed by atoms with Gasteiger partial charge in [-0.25, -0.2) is 9.67 Å². The molecule has 1 saturated heterocycles. The van der Waals surface area contributed by atoms with E-state index in [-0.39, 0.29) is 11.8 Å². The third kappa shape index (κ3) is 3.42. The molecule has 0 spiro atoms. The molecule has 1 amide bonds. The Balaban J connectivity index is 1.56. The highest BCUT2D eigenvalue weighted by Crippen LogP contribution is 2.22. The van der Waals surface area contributed by atoms with Gasteiger partial charge in [0.1, 0.15) is 0 Å². The molecule has 4 rings (SSSR count). The highest BCUT2D eigenvalue weighted by atomic mass is 16.5. The van der Waals surface area contributed by atoms with Gasteiger partial charge in [0.25, 0.3) is 11.8 Å². The van der Waals surface area contributed by atoms with Crippen LogP contribution in [0, 0.1) is 6.92 Å². The summed E-state index contributed by atoms with van der Waals surface area (Å²) in [5, 5.41) is 8.37. The summed E-state index contributed by atoms with van der Waals surface area (Å²) in [4.78, 5) is 23.6. The fourth-order valence-corrected chi connectivity index (χ4v) is 3.34. The number of amides is 1. The average Bonchev–Trinajstić information content (AvgIpc) is 3.36. The molecule has 8 heteroatoms. The van der Waals surface area contributed by atoms with Gasteiger partial charge >= 0.3 is 0 Å². The molecular weight excluding hydrogens is 356 g/mol. The van der Waals surface area contributed by atoms with Crippen LogP contribution in [0.25, 0.3) is 17.3 Å². The van der Waals surface area contributed by atoms with Gasteiger partial charge in [-0.3, -0.25) is 4.79 Å². The molecule has 1 aliphatic rings. The highest BCUT2D eigenvalue weighted by molar-refractivity contribution is 5.95. The fraction of sp³-hybridized carbons (Fsp3) is 0.450. The molecule has 0 atom stereocenters. The Hall–Kier alpha value is -3.03. The molecule has 1 fully saturated rings. The zero-order chi connectivity index (χ0) is 19.7. The molecule has 0 aromatic carbocycles. The van der Waals surface area contributed by atoms with Crippen LogP contribution in [0.3, 0.4) is 0 Å². The van der Waals surface area contributed by atoms with Crippen LogP contribution in [0.2, 0.25) is 0 Å². The van der Waals surface area contributed by atoms with Crippen LogP contribution in [0.5, 0.6) is 0 Å². The number of carbonyl (C=O) groups is 1. The number of nitrogens with zero attached hydrogens (tertiary/aromatic N) is 6. The third-order valence-electron chi connectivity index (χ3n) is 5.05. The minimum Gasteiger partial charge on any atom is -0.339 e. The van der Waals surface area contributed by atoms with Gasteiger partial charge in [-0.2, -0.15) is 10.1 Å². The minimum atomic E-state index is 0.0483. The number of aromatic nitrogens is 5. The predicted octanol–water partition coefficient (Wildman–Crippen LogP) is 3.38. The van der Waals surface area contributed by atoms with E-state index in [1.807, 2.05) is 37.8 Å². The van der Waals surface area contributed by atoms with E-state index in [9.17, 15) is 4.79 Å². The maximum absolute atomic E-state index is 12.8. The molecule has 1 aliphatic heterocycles. The first kappa shape index (κ1) is 18.3. The number of pyridine rings is 1. The summed E-state index contributed by atoms with van der Waals surface area (Å²) in [7, 11) is 0. The van der Waals surface area contributed by atoms with Gasteiger partial charge in [0.15, 0.2) is 11.6 Å². The first-order chi connectivity index (χ1) is 13.5. The van der Waals surface area contributed by atoms with Gasteiger partial charge in [0, 0.05) is 25.2 Å². The molecule has 4 heterocycles. The number of piperidine rings is 1. The summed E-state index contributed by atoms with van der Waals surface area (Å²) < 4.78 is 7.00. The first-order valence-electron chi connectivity index (χ1n) is 9.69. The van der Waals surface area contributed by atoms with E-state index in [1.165, 1.54) is 6.42 Å². The zero-order valence-electron chi connectivity index (χ0n) is 16.4. The molecule has 3 aromatic heterocycles. The van der Waals surface area contributed by atoms with Gasteiger partial charge in [-0.1, -0.05) is 19.0 Å². The van der Waals surface area contributed by atoms with E-state index >= 15 is 0 Å². The van der Waals surface area contributed by atoms with E-state index < -0.39 is 0 Å². The Labute approximate surface area is 163 Å². The van der Waals surface area contributed by atoms with Crippen molar-refractivity contribution >= 4 is 5.91 Å². The van der Waals surface area contributed by atoms with Crippen LogP contribution in [0.4, 0.5) is 0 Å². The molecular formula is C20H24N6O2. The molecule has 0 saturated carbocycles. The fourth-order valence-electron chi connectivity index (χ4n) is 3.34. The summed E-state index contributed by atoms with van der Waals surface area (Å²) in [6, 6.07) is 3.71. The van der Waals surface area contributed by atoms with Crippen molar-refractivity contribution in [2.45, 2.75) is 46.0 Å². The van der Waals surface area contributed by atoms with Crippen LogP contribution in [-0.2, 0) is 0 Å². The van der Waals surface area contributed by atoms with E-state index in [0.717, 1.165) is 37.2 Å². The van der Waals surface area contributed by atoms with Gasteiger partial charge in [0.05, 0.1) is 23.0 Å². The summed E-state index contributed by atoms with van der Waals surface area (Å²) >= 11 is 0. The SMILES string of the molecule is Cc1c(C(=O)N2CCCCC2)cnn1-c1ccc(-c2nc(C(C)C)no2)cn1. The topological polar surface area (TPSA) is 89.9 Å². The Bertz CT molecular complexity index is 967. The Kier molecular flexibility index (Phi) is 4.93. The monoisotopic (exact) mass is 380 g/mol. The molecule has 0 N–H and O–H groups in total. The van der Waals surface area contributed by atoms with Crippen molar-refractivity contribution < 1.29 is 9.32 Å². The second-order valence-electron chi connectivity index (χ2n) is 7.43. The van der Waals surface area contributed by atoms with Crippen molar-refractivity contribution in [3.8, 4) is 17.3 Å². The molecule has 8 nitrogen and oxygen atoms in total. The molecule has 0 bridgehead atoms. The lowest BCUT2D eigenvalue weighted by Gasteiger charge is -2.26. The quantitative estimate of drug-likeness (QED) is 0.689. The predicted molar refractivity (Wildman–Crippen MR) is 103 cm³/mol. The molecule has 146 valence electrons. The molecule has 0 radical (unpaired) electrons. The number of likely N-dealkylation sites (tertiary alicyclic amines) is 1. The van der Waals surface area contributed by atoms with Gasteiger partial charge in [0.2, 0.25) is 0 Å². The zero-order valence-corrected chi connectivity index (χ0v) is 16.4. The number of rotatable bonds is 4. The van der Waals surface area contributed by atoms with Crippen LogP contribution >= 0.6 is 0 Å². The number of carbonyl (C=O) groups excluding carboxylic acids is 1. The Morgan fingerprint density at radius 3 is 2.57 bits per heavy atom. The van der Waals surface area contributed by atoms with Gasteiger partial charge in [-0.15, -0.1) is 0 Å². The van der Waals surface area contributed by atoms with Crippen molar-refractivity contribution in [3.05, 3.63) is 41.6 Å². The summed E-state index contributed by atoms with van der Waals surface area (Å²) in [5.74, 6) is 2.01. The maximum Gasteiger partial charge on any atom is 0.259 e. The summed E-state index contributed by atoms with van der Waals surface area (Å²) in [5.41, 5.74) is 2.17. The van der Waals surface area contributed by atoms with Crippen molar-refractivity contribution in [2.24, 2.45) is 0 Å². The van der Waals surface area contributed by atoms with Crippen LogP contribution in [0.15, 0.2) is 29.0 Å².